The Morgan fingerprint density at radius 3 is 1.06 bits per heavy atom. The van der Waals surface area contributed by atoms with E-state index in [1.807, 2.05) is 22.7 Å². The van der Waals surface area contributed by atoms with Crippen LogP contribution in [0.15, 0.2) is 194 Å². The molecule has 0 aliphatic heterocycles. The molecular formula is C67H56N2S2. The highest BCUT2D eigenvalue weighted by atomic mass is 32.1. The minimum Gasteiger partial charge on any atom is -0.309 e. The number of hydrogen-bond acceptors (Lipinski definition) is 2. The van der Waals surface area contributed by atoms with Gasteiger partial charge in [-0.05, 0) is 164 Å². The Labute approximate surface area is 425 Å². The summed E-state index contributed by atoms with van der Waals surface area (Å²) in [6.07, 6.45) is 0. The molecule has 0 amide bonds. The standard InChI is InChI=1S/C67H56N2S2/c1-65(2,3)45-21-25-47(26-22-45)68-57-15-11-9-13-51(57)53-37-41(19-31-59(53)68)61-33-35-63(70-61)43-17-29-49-50-30-18-44(40-56(50)67(7,8)55(49)39-43)64-36-34-62(71-64)42-20-32-60-54(38-42)52-14-10-12-16-58(52)69(60)48-27-23-46(24-28-48)66(4,5)6/h9-40H,1-8H3. The molecule has 0 saturated heterocycles. The fourth-order valence-corrected chi connectivity index (χ4v) is 13.4. The van der Waals surface area contributed by atoms with E-state index >= 15 is 0 Å². The van der Waals surface area contributed by atoms with Crippen LogP contribution >= 0.6 is 22.7 Å². The molecule has 4 heteroatoms. The lowest BCUT2D eigenvalue weighted by molar-refractivity contribution is 0.590. The summed E-state index contributed by atoms with van der Waals surface area (Å²) in [4.78, 5) is 5.15. The monoisotopic (exact) mass is 952 g/mol. The molecule has 13 rings (SSSR count). The number of rotatable bonds is 6. The molecule has 12 aromatic rings. The Balaban J connectivity index is 0.784. The molecule has 0 atom stereocenters. The van der Waals surface area contributed by atoms with Crippen molar-refractivity contribution < 1.29 is 0 Å². The lowest BCUT2D eigenvalue weighted by atomic mass is 9.81. The third-order valence-electron chi connectivity index (χ3n) is 15.4. The van der Waals surface area contributed by atoms with Gasteiger partial charge in [0.15, 0.2) is 0 Å². The predicted octanol–water partition coefficient (Wildman–Crippen LogP) is 19.6. The Morgan fingerprint density at radius 1 is 0.338 bits per heavy atom. The Kier molecular flexibility index (Phi) is 9.79. The van der Waals surface area contributed by atoms with E-state index in [-0.39, 0.29) is 16.2 Å². The normalized spacial score (nSPS) is 13.5. The van der Waals surface area contributed by atoms with Gasteiger partial charge in [0.2, 0.25) is 0 Å². The largest absolute Gasteiger partial charge is 0.309 e. The van der Waals surface area contributed by atoms with Crippen LogP contribution < -0.4 is 0 Å². The average Bonchev–Trinajstić information content (AvgIpc) is 4.22. The Morgan fingerprint density at radius 2 is 0.676 bits per heavy atom. The van der Waals surface area contributed by atoms with Crippen molar-refractivity contribution in [1.82, 2.24) is 9.13 Å². The van der Waals surface area contributed by atoms with Crippen LogP contribution in [0, 0.1) is 0 Å². The van der Waals surface area contributed by atoms with Crippen molar-refractivity contribution in [2.75, 3.05) is 0 Å². The molecule has 0 spiro atoms. The van der Waals surface area contributed by atoms with E-state index in [0.717, 1.165) is 0 Å². The van der Waals surface area contributed by atoms with E-state index in [4.69, 9.17) is 0 Å². The van der Waals surface area contributed by atoms with Crippen molar-refractivity contribution in [3.8, 4) is 64.3 Å². The number of fused-ring (bicyclic) bond motifs is 9. The number of nitrogens with zero attached hydrogens (tertiary/aromatic N) is 2. The van der Waals surface area contributed by atoms with E-state index in [1.165, 1.54) is 130 Å². The van der Waals surface area contributed by atoms with Crippen LogP contribution in [0.4, 0.5) is 0 Å². The van der Waals surface area contributed by atoms with Gasteiger partial charge in [0.25, 0.3) is 0 Å². The quantitative estimate of drug-likeness (QED) is 0.157. The predicted molar refractivity (Wildman–Crippen MR) is 308 cm³/mol. The molecule has 4 aromatic heterocycles. The van der Waals surface area contributed by atoms with Crippen LogP contribution in [-0.4, -0.2) is 9.13 Å². The highest BCUT2D eigenvalue weighted by Crippen LogP contribution is 2.52. The van der Waals surface area contributed by atoms with Crippen molar-refractivity contribution >= 4 is 66.3 Å². The van der Waals surface area contributed by atoms with Crippen LogP contribution in [0.2, 0.25) is 0 Å². The maximum absolute atomic E-state index is 2.46. The van der Waals surface area contributed by atoms with Gasteiger partial charge in [0, 0.05) is 57.8 Å². The fraction of sp³-hybridized carbons (Fsp3) is 0.164. The van der Waals surface area contributed by atoms with Crippen LogP contribution in [0.5, 0.6) is 0 Å². The third kappa shape index (κ3) is 7.09. The molecule has 0 fully saturated rings. The topological polar surface area (TPSA) is 9.86 Å². The van der Waals surface area contributed by atoms with E-state index < -0.39 is 0 Å². The zero-order valence-corrected chi connectivity index (χ0v) is 43.3. The maximum atomic E-state index is 2.46. The molecule has 0 bridgehead atoms. The van der Waals surface area contributed by atoms with Crippen LogP contribution in [0.25, 0.3) is 108 Å². The van der Waals surface area contributed by atoms with Gasteiger partial charge in [-0.2, -0.15) is 0 Å². The lowest BCUT2D eigenvalue weighted by Crippen LogP contribution is -2.15. The maximum Gasteiger partial charge on any atom is 0.0541 e. The molecule has 0 unspecified atom stereocenters. The number of thiophene rings is 2. The van der Waals surface area contributed by atoms with Gasteiger partial charge >= 0.3 is 0 Å². The first-order valence-electron chi connectivity index (χ1n) is 25.0. The molecule has 4 heterocycles. The second-order valence-corrected chi connectivity index (χ2v) is 24.4. The van der Waals surface area contributed by atoms with Crippen molar-refractivity contribution in [2.24, 2.45) is 0 Å². The first-order valence-corrected chi connectivity index (χ1v) is 26.6. The summed E-state index contributed by atoms with van der Waals surface area (Å²) in [5.74, 6) is 0. The zero-order chi connectivity index (χ0) is 48.6. The molecule has 346 valence electrons. The third-order valence-corrected chi connectivity index (χ3v) is 17.7. The average molecular weight is 953 g/mol. The SMILES string of the molecule is CC(C)(C)c1ccc(-n2c3ccccc3c3cc(-c4ccc(-c5ccc6c(c5)C(C)(C)c5cc(-c7ccc(-c8ccc9c(c8)c8ccccc8n9-c8ccc(C(C)(C)C)cc8)s7)ccc5-6)s4)ccc32)cc1. The fourth-order valence-electron chi connectivity index (χ4n) is 11.4. The van der Waals surface area contributed by atoms with E-state index in [1.54, 1.807) is 0 Å². The summed E-state index contributed by atoms with van der Waals surface area (Å²) in [7, 11) is 0. The molecule has 8 aromatic carbocycles. The zero-order valence-electron chi connectivity index (χ0n) is 41.7. The number of hydrogen-bond donors (Lipinski definition) is 0. The molecule has 2 nitrogen and oxygen atoms in total. The van der Waals surface area contributed by atoms with Gasteiger partial charge < -0.3 is 9.13 Å². The lowest BCUT2D eigenvalue weighted by Gasteiger charge is -2.22. The van der Waals surface area contributed by atoms with Gasteiger partial charge in [-0.3, -0.25) is 0 Å². The molecule has 0 radical (unpaired) electrons. The van der Waals surface area contributed by atoms with Crippen LogP contribution in [-0.2, 0) is 16.2 Å². The van der Waals surface area contributed by atoms with Gasteiger partial charge in [0.05, 0.1) is 22.1 Å². The number of aromatic nitrogens is 2. The molecule has 1 aliphatic rings. The molecular weight excluding hydrogens is 897 g/mol. The Bertz CT molecular complexity index is 3810. The van der Waals surface area contributed by atoms with Crippen molar-refractivity contribution in [2.45, 2.75) is 71.6 Å². The second kappa shape index (κ2) is 15.9. The summed E-state index contributed by atoms with van der Waals surface area (Å²) >= 11 is 3.77. The molecule has 71 heavy (non-hydrogen) atoms. The number of para-hydroxylation sites is 2. The molecule has 0 saturated carbocycles. The molecule has 0 N–H and O–H groups in total. The van der Waals surface area contributed by atoms with Crippen molar-refractivity contribution in [1.29, 1.82) is 0 Å². The van der Waals surface area contributed by atoms with E-state index in [0.29, 0.717) is 0 Å². The van der Waals surface area contributed by atoms with Gasteiger partial charge in [-0.15, -0.1) is 22.7 Å². The van der Waals surface area contributed by atoms with Crippen molar-refractivity contribution in [3.05, 3.63) is 216 Å². The second-order valence-electron chi connectivity index (χ2n) is 22.2. The van der Waals surface area contributed by atoms with Gasteiger partial charge in [-0.1, -0.05) is 152 Å². The number of benzene rings is 8. The van der Waals surface area contributed by atoms with Gasteiger partial charge in [0.1, 0.15) is 0 Å². The van der Waals surface area contributed by atoms with Crippen LogP contribution in [0.1, 0.15) is 77.6 Å². The highest BCUT2D eigenvalue weighted by Gasteiger charge is 2.36. The van der Waals surface area contributed by atoms with E-state index in [2.05, 4.69) is 259 Å². The summed E-state index contributed by atoms with van der Waals surface area (Å²) in [5.41, 5.74) is 20.6. The smallest absolute Gasteiger partial charge is 0.0541 e. The van der Waals surface area contributed by atoms with E-state index in [9.17, 15) is 0 Å². The summed E-state index contributed by atoms with van der Waals surface area (Å²) in [5, 5.41) is 5.12. The van der Waals surface area contributed by atoms with Crippen LogP contribution in [0.3, 0.4) is 0 Å². The highest BCUT2D eigenvalue weighted by molar-refractivity contribution is 7.19. The summed E-state index contributed by atoms with van der Waals surface area (Å²) in [6.45, 7) is 18.4. The minimum atomic E-state index is -0.143. The van der Waals surface area contributed by atoms with Gasteiger partial charge in [-0.25, -0.2) is 0 Å². The first kappa shape index (κ1) is 43.8. The summed E-state index contributed by atoms with van der Waals surface area (Å²) < 4.78 is 4.84. The molecule has 1 aliphatic carbocycles. The first-order chi connectivity index (χ1) is 34.2. The van der Waals surface area contributed by atoms with Crippen molar-refractivity contribution in [3.63, 3.8) is 0 Å². The minimum absolute atomic E-state index is 0.112. The Hall–Kier alpha value is -7.24. The summed E-state index contributed by atoms with van der Waals surface area (Å²) in [6, 6.07) is 73.5.